The zero-order valence-corrected chi connectivity index (χ0v) is 11.8. The van der Waals surface area contributed by atoms with Gasteiger partial charge in [-0.1, -0.05) is 13.8 Å². The highest BCUT2D eigenvalue weighted by Crippen LogP contribution is 2.22. The Kier molecular flexibility index (Phi) is 5.01. The van der Waals surface area contributed by atoms with Crippen LogP contribution in [0.5, 0.6) is 0 Å². The highest BCUT2D eigenvalue weighted by atomic mass is 16.2. The highest BCUT2D eigenvalue weighted by molar-refractivity contribution is 5.84. The van der Waals surface area contributed by atoms with Crippen LogP contribution in [-0.4, -0.2) is 60.5 Å². The predicted octanol–water partition coefficient (Wildman–Crippen LogP) is 1.07. The third kappa shape index (κ3) is 3.69. The Bertz CT molecular complexity index is 274. The predicted molar refractivity (Wildman–Crippen MR) is 73.5 cm³/mol. The average molecular weight is 253 g/mol. The molecule has 2 aliphatic rings. The summed E-state index contributed by atoms with van der Waals surface area (Å²) in [7, 11) is 0. The van der Waals surface area contributed by atoms with Crippen LogP contribution in [-0.2, 0) is 4.79 Å². The number of amides is 1. The van der Waals surface area contributed by atoms with Gasteiger partial charge in [0.15, 0.2) is 0 Å². The molecule has 0 aromatic rings. The summed E-state index contributed by atoms with van der Waals surface area (Å²) in [6.45, 7) is 9.59. The maximum Gasteiger partial charge on any atom is 0.239 e. The smallest absolute Gasteiger partial charge is 0.239 e. The van der Waals surface area contributed by atoms with Crippen molar-refractivity contribution in [1.29, 1.82) is 0 Å². The van der Waals surface area contributed by atoms with Crippen molar-refractivity contribution >= 4 is 5.91 Å². The Balaban J connectivity index is 1.65. The van der Waals surface area contributed by atoms with Crippen LogP contribution in [0, 0.1) is 0 Å². The first-order chi connectivity index (χ1) is 8.74. The molecular formula is C14H27N3O. The highest BCUT2D eigenvalue weighted by Gasteiger charge is 2.35. The van der Waals surface area contributed by atoms with Crippen LogP contribution in [0.15, 0.2) is 0 Å². The molecule has 104 valence electrons. The van der Waals surface area contributed by atoms with Crippen molar-refractivity contribution in [3.63, 3.8) is 0 Å². The Morgan fingerprint density at radius 1 is 1.28 bits per heavy atom. The van der Waals surface area contributed by atoms with E-state index < -0.39 is 0 Å². The molecule has 1 saturated carbocycles. The minimum atomic E-state index is 0.117. The molecule has 2 rings (SSSR count). The van der Waals surface area contributed by atoms with Crippen LogP contribution in [0.25, 0.3) is 0 Å². The lowest BCUT2D eigenvalue weighted by Crippen LogP contribution is -2.40. The summed E-state index contributed by atoms with van der Waals surface area (Å²) >= 11 is 0. The number of carbonyl (C=O) groups is 1. The lowest BCUT2D eigenvalue weighted by molar-refractivity contribution is -0.129. The molecule has 1 saturated heterocycles. The van der Waals surface area contributed by atoms with Gasteiger partial charge >= 0.3 is 0 Å². The van der Waals surface area contributed by atoms with Gasteiger partial charge in [0, 0.05) is 19.1 Å². The van der Waals surface area contributed by atoms with Crippen LogP contribution in [0.1, 0.15) is 39.5 Å². The van der Waals surface area contributed by atoms with Gasteiger partial charge in [-0.05, 0) is 45.3 Å². The fourth-order valence-corrected chi connectivity index (χ4v) is 2.68. The molecule has 1 amide bonds. The third-order valence-corrected chi connectivity index (χ3v) is 4.11. The van der Waals surface area contributed by atoms with Gasteiger partial charge in [-0.25, -0.2) is 0 Å². The molecule has 1 aliphatic carbocycles. The van der Waals surface area contributed by atoms with E-state index in [9.17, 15) is 4.79 Å². The Labute approximate surface area is 111 Å². The van der Waals surface area contributed by atoms with E-state index in [1.807, 2.05) is 4.90 Å². The SMILES string of the molecule is CCN(CC)CCCN1CCC(NC2CC2)C1=O. The minimum Gasteiger partial charge on any atom is -0.341 e. The van der Waals surface area contributed by atoms with Crippen LogP contribution >= 0.6 is 0 Å². The Hall–Kier alpha value is -0.610. The van der Waals surface area contributed by atoms with E-state index >= 15 is 0 Å². The first-order valence-electron chi connectivity index (χ1n) is 7.51. The molecule has 0 spiro atoms. The van der Waals surface area contributed by atoms with Gasteiger partial charge in [0.05, 0.1) is 6.04 Å². The summed E-state index contributed by atoms with van der Waals surface area (Å²) in [5.74, 6) is 0.335. The first kappa shape index (κ1) is 13.8. The molecule has 0 aromatic heterocycles. The number of carbonyl (C=O) groups excluding carboxylic acids is 1. The number of hydrogen-bond acceptors (Lipinski definition) is 3. The molecule has 0 aromatic carbocycles. The zero-order valence-electron chi connectivity index (χ0n) is 11.8. The maximum absolute atomic E-state index is 12.1. The van der Waals surface area contributed by atoms with E-state index in [1.165, 1.54) is 12.8 Å². The molecule has 1 heterocycles. The lowest BCUT2D eigenvalue weighted by Gasteiger charge is -2.21. The second-order valence-corrected chi connectivity index (χ2v) is 5.49. The summed E-state index contributed by atoms with van der Waals surface area (Å²) < 4.78 is 0. The van der Waals surface area contributed by atoms with Crippen molar-refractivity contribution in [2.24, 2.45) is 0 Å². The van der Waals surface area contributed by atoms with Crippen LogP contribution in [0.4, 0.5) is 0 Å². The fraction of sp³-hybridized carbons (Fsp3) is 0.929. The van der Waals surface area contributed by atoms with Crippen LogP contribution in [0.3, 0.4) is 0 Å². The van der Waals surface area contributed by atoms with Crippen molar-refractivity contribution in [3.8, 4) is 0 Å². The van der Waals surface area contributed by atoms with E-state index in [-0.39, 0.29) is 6.04 Å². The molecule has 0 bridgehead atoms. The molecule has 1 N–H and O–H groups in total. The number of rotatable bonds is 8. The van der Waals surface area contributed by atoms with E-state index in [2.05, 4.69) is 24.1 Å². The van der Waals surface area contributed by atoms with Crippen molar-refractivity contribution in [1.82, 2.24) is 15.1 Å². The molecule has 18 heavy (non-hydrogen) atoms. The third-order valence-electron chi connectivity index (χ3n) is 4.11. The van der Waals surface area contributed by atoms with E-state index in [0.29, 0.717) is 11.9 Å². The number of hydrogen-bond donors (Lipinski definition) is 1. The summed E-state index contributed by atoms with van der Waals surface area (Å²) in [6.07, 6.45) is 4.61. The normalized spacial score (nSPS) is 24.3. The second kappa shape index (κ2) is 6.53. The van der Waals surface area contributed by atoms with Gasteiger partial charge in [-0.15, -0.1) is 0 Å². The minimum absolute atomic E-state index is 0.117. The number of nitrogens with zero attached hydrogens (tertiary/aromatic N) is 2. The maximum atomic E-state index is 12.1. The van der Waals surface area contributed by atoms with Crippen molar-refractivity contribution in [2.45, 2.75) is 51.6 Å². The fourth-order valence-electron chi connectivity index (χ4n) is 2.68. The zero-order chi connectivity index (χ0) is 13.0. The van der Waals surface area contributed by atoms with Crippen molar-refractivity contribution in [3.05, 3.63) is 0 Å². The van der Waals surface area contributed by atoms with Gasteiger partial charge in [-0.2, -0.15) is 0 Å². The van der Waals surface area contributed by atoms with Gasteiger partial charge < -0.3 is 15.1 Å². The van der Waals surface area contributed by atoms with E-state index in [1.54, 1.807) is 0 Å². The standard InChI is InChI=1S/C14H27N3O/c1-3-16(4-2)9-5-10-17-11-8-13(14(17)18)15-12-6-7-12/h12-13,15H,3-11H2,1-2H3. The molecule has 1 unspecified atom stereocenters. The molecule has 1 aliphatic heterocycles. The van der Waals surface area contributed by atoms with Crippen LogP contribution < -0.4 is 5.32 Å². The molecule has 4 heteroatoms. The average Bonchev–Trinajstić information content (AvgIpc) is 3.13. The van der Waals surface area contributed by atoms with E-state index in [4.69, 9.17) is 0 Å². The van der Waals surface area contributed by atoms with Crippen molar-refractivity contribution in [2.75, 3.05) is 32.7 Å². The monoisotopic (exact) mass is 253 g/mol. The number of likely N-dealkylation sites (tertiary alicyclic amines) is 1. The van der Waals surface area contributed by atoms with Gasteiger partial charge in [0.1, 0.15) is 0 Å². The van der Waals surface area contributed by atoms with Gasteiger partial charge in [0.2, 0.25) is 5.91 Å². The number of nitrogens with one attached hydrogen (secondary N) is 1. The lowest BCUT2D eigenvalue weighted by atomic mass is 10.2. The summed E-state index contributed by atoms with van der Waals surface area (Å²) in [6, 6.07) is 0.750. The summed E-state index contributed by atoms with van der Waals surface area (Å²) in [5.41, 5.74) is 0. The molecular weight excluding hydrogens is 226 g/mol. The Morgan fingerprint density at radius 3 is 2.61 bits per heavy atom. The molecule has 1 atom stereocenters. The van der Waals surface area contributed by atoms with Gasteiger partial charge in [0.25, 0.3) is 0 Å². The van der Waals surface area contributed by atoms with Crippen LogP contribution in [0.2, 0.25) is 0 Å². The second-order valence-electron chi connectivity index (χ2n) is 5.49. The Morgan fingerprint density at radius 2 is 2.00 bits per heavy atom. The van der Waals surface area contributed by atoms with E-state index in [0.717, 1.165) is 45.6 Å². The summed E-state index contributed by atoms with van der Waals surface area (Å²) in [5, 5.41) is 3.45. The van der Waals surface area contributed by atoms with Crippen molar-refractivity contribution < 1.29 is 4.79 Å². The molecule has 4 nitrogen and oxygen atoms in total. The summed E-state index contributed by atoms with van der Waals surface area (Å²) in [4.78, 5) is 16.6. The van der Waals surface area contributed by atoms with Gasteiger partial charge in [-0.3, -0.25) is 4.79 Å². The largest absolute Gasteiger partial charge is 0.341 e. The quantitative estimate of drug-likeness (QED) is 0.703. The molecule has 2 fully saturated rings. The first-order valence-corrected chi connectivity index (χ1v) is 7.51. The molecule has 0 radical (unpaired) electrons. The topological polar surface area (TPSA) is 35.6 Å².